The number of piperazine rings is 1. The highest BCUT2D eigenvalue weighted by molar-refractivity contribution is 5.94. The number of carbonyl (C=O) groups is 1. The van der Waals surface area contributed by atoms with Gasteiger partial charge in [-0.3, -0.25) is 9.69 Å². The van der Waals surface area contributed by atoms with Crippen molar-refractivity contribution in [2.75, 3.05) is 37.6 Å². The summed E-state index contributed by atoms with van der Waals surface area (Å²) in [6, 6.07) is 4.78. The number of benzene rings is 1. The van der Waals surface area contributed by atoms with Gasteiger partial charge in [0.25, 0.3) is 0 Å². The molecule has 1 aliphatic heterocycles. The highest BCUT2D eigenvalue weighted by Crippen LogP contribution is 2.22. The average molecular weight is 278 g/mol. The predicted octanol–water partition coefficient (Wildman–Crippen LogP) is 2.81. The number of rotatable bonds is 4. The second kappa shape index (κ2) is 6.35. The maximum Gasteiger partial charge on any atom is 0.159 e. The zero-order valence-corrected chi connectivity index (χ0v) is 12.5. The zero-order chi connectivity index (χ0) is 14.7. The van der Waals surface area contributed by atoms with Crippen molar-refractivity contribution in [2.24, 2.45) is 5.92 Å². The molecule has 0 amide bonds. The molecule has 0 aromatic heterocycles. The number of carbonyl (C=O) groups excluding carboxylic acids is 1. The molecular formula is C16H23FN2O. The third-order valence-electron chi connectivity index (χ3n) is 3.69. The van der Waals surface area contributed by atoms with E-state index in [2.05, 4.69) is 23.6 Å². The van der Waals surface area contributed by atoms with Crippen LogP contribution in [0.2, 0.25) is 0 Å². The molecule has 0 unspecified atom stereocenters. The average Bonchev–Trinajstić information content (AvgIpc) is 2.39. The van der Waals surface area contributed by atoms with Gasteiger partial charge in [0.05, 0.1) is 5.69 Å². The number of hydrogen-bond donors (Lipinski definition) is 0. The van der Waals surface area contributed by atoms with Crippen molar-refractivity contribution in [2.45, 2.75) is 20.8 Å². The van der Waals surface area contributed by atoms with Gasteiger partial charge in [0.1, 0.15) is 5.82 Å². The van der Waals surface area contributed by atoms with Crippen molar-refractivity contribution >= 4 is 11.5 Å². The van der Waals surface area contributed by atoms with E-state index in [9.17, 15) is 9.18 Å². The summed E-state index contributed by atoms with van der Waals surface area (Å²) in [6.45, 7) is 10.6. The summed E-state index contributed by atoms with van der Waals surface area (Å²) in [5, 5.41) is 0. The van der Waals surface area contributed by atoms with Gasteiger partial charge >= 0.3 is 0 Å². The molecule has 3 nitrogen and oxygen atoms in total. The summed E-state index contributed by atoms with van der Waals surface area (Å²) in [4.78, 5) is 15.7. The fourth-order valence-electron chi connectivity index (χ4n) is 2.67. The number of ketones is 1. The first-order valence-corrected chi connectivity index (χ1v) is 7.25. The number of nitrogens with zero attached hydrogens (tertiary/aromatic N) is 2. The van der Waals surface area contributed by atoms with Gasteiger partial charge < -0.3 is 4.90 Å². The van der Waals surface area contributed by atoms with E-state index in [4.69, 9.17) is 0 Å². The van der Waals surface area contributed by atoms with Crippen molar-refractivity contribution in [3.63, 3.8) is 0 Å². The monoisotopic (exact) mass is 278 g/mol. The summed E-state index contributed by atoms with van der Waals surface area (Å²) in [7, 11) is 0. The molecule has 0 bridgehead atoms. The smallest absolute Gasteiger partial charge is 0.159 e. The number of Topliss-reactive ketones (excluding diaryl/α,β-unsaturated/α-hetero) is 1. The van der Waals surface area contributed by atoms with Crippen LogP contribution in [0.25, 0.3) is 0 Å². The largest absolute Gasteiger partial charge is 0.367 e. The molecule has 20 heavy (non-hydrogen) atoms. The molecule has 110 valence electrons. The van der Waals surface area contributed by atoms with Gasteiger partial charge in [-0.2, -0.15) is 0 Å². The molecule has 0 spiro atoms. The molecule has 0 saturated carbocycles. The SMILES string of the molecule is CC(=O)c1ccc(N2CCN(CC(C)C)CC2)c(F)c1. The molecular weight excluding hydrogens is 255 g/mol. The van der Waals surface area contributed by atoms with E-state index in [0.717, 1.165) is 32.7 Å². The Balaban J connectivity index is 2.02. The van der Waals surface area contributed by atoms with E-state index >= 15 is 0 Å². The van der Waals surface area contributed by atoms with Gasteiger partial charge in [-0.15, -0.1) is 0 Å². The Morgan fingerprint density at radius 3 is 2.40 bits per heavy atom. The Bertz CT molecular complexity index is 479. The maximum absolute atomic E-state index is 14.1. The third kappa shape index (κ3) is 3.57. The van der Waals surface area contributed by atoms with Crippen molar-refractivity contribution in [3.8, 4) is 0 Å². The Morgan fingerprint density at radius 2 is 1.90 bits per heavy atom. The van der Waals surface area contributed by atoms with E-state index in [0.29, 0.717) is 17.2 Å². The Labute approximate surface area is 120 Å². The molecule has 1 aliphatic rings. The van der Waals surface area contributed by atoms with Gasteiger partial charge in [-0.05, 0) is 31.0 Å². The van der Waals surface area contributed by atoms with Crippen LogP contribution in [0.4, 0.5) is 10.1 Å². The summed E-state index contributed by atoms with van der Waals surface area (Å²) >= 11 is 0. The van der Waals surface area contributed by atoms with Crippen LogP contribution in [-0.2, 0) is 0 Å². The lowest BCUT2D eigenvalue weighted by Crippen LogP contribution is -2.47. The molecule has 1 heterocycles. The van der Waals surface area contributed by atoms with Crippen LogP contribution in [0.5, 0.6) is 0 Å². The van der Waals surface area contributed by atoms with Crippen molar-refractivity contribution < 1.29 is 9.18 Å². The van der Waals surface area contributed by atoms with Crippen LogP contribution in [0.1, 0.15) is 31.1 Å². The maximum atomic E-state index is 14.1. The fraction of sp³-hybridized carbons (Fsp3) is 0.562. The van der Waals surface area contributed by atoms with Crippen LogP contribution in [0.15, 0.2) is 18.2 Å². The van der Waals surface area contributed by atoms with Gasteiger partial charge in [0, 0.05) is 38.3 Å². The van der Waals surface area contributed by atoms with Crippen LogP contribution < -0.4 is 4.90 Å². The van der Waals surface area contributed by atoms with E-state index in [1.54, 1.807) is 12.1 Å². The summed E-state index contributed by atoms with van der Waals surface area (Å²) < 4.78 is 14.1. The minimum atomic E-state index is -0.296. The molecule has 1 fully saturated rings. The van der Waals surface area contributed by atoms with Gasteiger partial charge in [0.2, 0.25) is 0 Å². The van der Waals surface area contributed by atoms with Crippen LogP contribution in [-0.4, -0.2) is 43.4 Å². The predicted molar refractivity (Wildman–Crippen MR) is 79.9 cm³/mol. The molecule has 2 rings (SSSR count). The Morgan fingerprint density at radius 1 is 1.25 bits per heavy atom. The number of hydrogen-bond acceptors (Lipinski definition) is 3. The lowest BCUT2D eigenvalue weighted by molar-refractivity contribution is 0.101. The van der Waals surface area contributed by atoms with E-state index < -0.39 is 0 Å². The van der Waals surface area contributed by atoms with E-state index in [1.165, 1.54) is 13.0 Å². The Hall–Kier alpha value is -1.42. The molecule has 1 aromatic rings. The molecule has 0 aliphatic carbocycles. The topological polar surface area (TPSA) is 23.6 Å². The summed E-state index contributed by atoms with van der Waals surface area (Å²) in [5.41, 5.74) is 1.05. The first-order chi connectivity index (χ1) is 9.47. The minimum Gasteiger partial charge on any atom is -0.367 e. The molecule has 0 radical (unpaired) electrons. The van der Waals surface area contributed by atoms with Crippen LogP contribution in [0, 0.1) is 11.7 Å². The molecule has 0 atom stereocenters. The van der Waals surface area contributed by atoms with Gasteiger partial charge in [-0.25, -0.2) is 4.39 Å². The van der Waals surface area contributed by atoms with Gasteiger partial charge in [0.15, 0.2) is 5.78 Å². The molecule has 0 N–H and O–H groups in total. The number of halogens is 1. The molecule has 4 heteroatoms. The second-order valence-electron chi connectivity index (χ2n) is 5.90. The van der Waals surface area contributed by atoms with E-state index in [-0.39, 0.29) is 11.6 Å². The minimum absolute atomic E-state index is 0.0998. The van der Waals surface area contributed by atoms with Crippen LogP contribution >= 0.6 is 0 Å². The first-order valence-electron chi connectivity index (χ1n) is 7.25. The highest BCUT2D eigenvalue weighted by Gasteiger charge is 2.20. The first kappa shape index (κ1) is 15.0. The van der Waals surface area contributed by atoms with Crippen molar-refractivity contribution in [1.82, 2.24) is 4.90 Å². The van der Waals surface area contributed by atoms with Gasteiger partial charge in [-0.1, -0.05) is 13.8 Å². The quantitative estimate of drug-likeness (QED) is 0.791. The molecule has 1 aromatic carbocycles. The third-order valence-corrected chi connectivity index (χ3v) is 3.69. The van der Waals surface area contributed by atoms with Crippen LogP contribution in [0.3, 0.4) is 0 Å². The van der Waals surface area contributed by atoms with Crippen molar-refractivity contribution in [3.05, 3.63) is 29.6 Å². The number of anilines is 1. The second-order valence-corrected chi connectivity index (χ2v) is 5.90. The van der Waals surface area contributed by atoms with Crippen molar-refractivity contribution in [1.29, 1.82) is 0 Å². The lowest BCUT2D eigenvalue weighted by atomic mass is 10.1. The zero-order valence-electron chi connectivity index (χ0n) is 12.5. The highest BCUT2D eigenvalue weighted by atomic mass is 19.1. The molecule has 1 saturated heterocycles. The normalized spacial score (nSPS) is 16.8. The summed E-state index contributed by atoms with van der Waals surface area (Å²) in [6.07, 6.45) is 0. The summed E-state index contributed by atoms with van der Waals surface area (Å²) in [5.74, 6) is 0.264. The standard InChI is InChI=1S/C16H23FN2O/c1-12(2)11-18-6-8-19(9-7-18)16-5-4-14(13(3)20)10-15(16)17/h4-5,10,12H,6-9,11H2,1-3H3. The Kier molecular flexibility index (Phi) is 4.76. The lowest BCUT2D eigenvalue weighted by Gasteiger charge is -2.37. The fourth-order valence-corrected chi connectivity index (χ4v) is 2.67. The van der Waals surface area contributed by atoms with E-state index in [1.807, 2.05) is 0 Å².